The number of aromatic nitrogens is 3. The van der Waals surface area contributed by atoms with Crippen molar-refractivity contribution in [1.29, 1.82) is 0 Å². The highest BCUT2D eigenvalue weighted by molar-refractivity contribution is 5.94. The maximum atomic E-state index is 11.7. The Labute approximate surface area is 82.5 Å². The molecule has 0 spiro atoms. The first kappa shape index (κ1) is 9.33. The van der Waals surface area contributed by atoms with Gasteiger partial charge in [-0.05, 0) is 19.4 Å². The van der Waals surface area contributed by atoms with Crippen molar-refractivity contribution in [1.82, 2.24) is 20.3 Å². The second-order valence-corrected chi connectivity index (χ2v) is 3.64. The zero-order valence-corrected chi connectivity index (χ0v) is 8.23. The lowest BCUT2D eigenvalue weighted by Crippen LogP contribution is -2.24. The van der Waals surface area contributed by atoms with E-state index >= 15 is 0 Å². The van der Waals surface area contributed by atoms with Crippen LogP contribution in [-0.2, 0) is 7.05 Å². The number of hydrogen-bond acceptors (Lipinski definition) is 4. The first-order chi connectivity index (χ1) is 6.75. The molecule has 0 saturated carbocycles. The summed E-state index contributed by atoms with van der Waals surface area (Å²) in [4.78, 5) is 13.1. The van der Waals surface area contributed by atoms with Gasteiger partial charge < -0.3 is 5.32 Å². The van der Waals surface area contributed by atoms with Crippen molar-refractivity contribution in [3.05, 3.63) is 11.9 Å². The van der Waals surface area contributed by atoms with Crippen molar-refractivity contribution in [2.24, 2.45) is 7.05 Å². The van der Waals surface area contributed by atoms with Crippen LogP contribution in [0.3, 0.4) is 0 Å². The minimum Gasteiger partial charge on any atom is -0.314 e. The molecule has 1 N–H and O–H groups in total. The van der Waals surface area contributed by atoms with Crippen molar-refractivity contribution in [2.45, 2.75) is 25.3 Å². The van der Waals surface area contributed by atoms with Gasteiger partial charge in [-0.2, -0.15) is 15.0 Å². The summed E-state index contributed by atoms with van der Waals surface area (Å²) in [5.74, 6) is 0.0810. The van der Waals surface area contributed by atoms with Crippen LogP contribution in [0.2, 0.25) is 0 Å². The van der Waals surface area contributed by atoms with E-state index < -0.39 is 0 Å². The molecule has 14 heavy (non-hydrogen) atoms. The molecule has 2 rings (SSSR count). The standard InChI is InChI=1S/C9H14N4O/c1-13-11-6-8(12-13)9(14)5-7-3-2-4-10-7/h6-7,10H,2-5H2,1H3. The molecule has 76 valence electrons. The van der Waals surface area contributed by atoms with Gasteiger partial charge in [0.25, 0.3) is 0 Å². The van der Waals surface area contributed by atoms with Crippen molar-refractivity contribution in [3.63, 3.8) is 0 Å². The zero-order valence-electron chi connectivity index (χ0n) is 8.23. The number of nitrogens with one attached hydrogen (secondary N) is 1. The molecule has 5 heteroatoms. The lowest BCUT2D eigenvalue weighted by Gasteiger charge is -2.06. The monoisotopic (exact) mass is 194 g/mol. The fourth-order valence-electron chi connectivity index (χ4n) is 1.73. The third-order valence-corrected chi connectivity index (χ3v) is 2.48. The molecule has 0 radical (unpaired) electrons. The maximum Gasteiger partial charge on any atom is 0.186 e. The summed E-state index contributed by atoms with van der Waals surface area (Å²) in [7, 11) is 1.71. The van der Waals surface area contributed by atoms with Gasteiger partial charge >= 0.3 is 0 Å². The molecule has 0 aliphatic carbocycles. The largest absolute Gasteiger partial charge is 0.314 e. The van der Waals surface area contributed by atoms with E-state index in [2.05, 4.69) is 15.5 Å². The summed E-state index contributed by atoms with van der Waals surface area (Å²) in [6, 6.07) is 0.338. The van der Waals surface area contributed by atoms with E-state index in [1.807, 2.05) is 0 Å². The molecule has 1 atom stereocenters. The molecule has 1 fully saturated rings. The average Bonchev–Trinajstić information content (AvgIpc) is 2.75. The minimum absolute atomic E-state index is 0.0810. The highest BCUT2D eigenvalue weighted by Crippen LogP contribution is 2.11. The number of aryl methyl sites for hydroxylation is 1. The van der Waals surface area contributed by atoms with Gasteiger partial charge in [0.2, 0.25) is 0 Å². The Hall–Kier alpha value is -1.23. The predicted octanol–water partition coefficient (Wildman–Crippen LogP) is 0.140. The number of hydrogen-bond donors (Lipinski definition) is 1. The maximum absolute atomic E-state index is 11.7. The lowest BCUT2D eigenvalue weighted by molar-refractivity contribution is 0.0966. The molecule has 0 bridgehead atoms. The molecular formula is C9H14N4O. The second kappa shape index (κ2) is 3.88. The van der Waals surface area contributed by atoms with Gasteiger partial charge in [-0.25, -0.2) is 0 Å². The summed E-state index contributed by atoms with van der Waals surface area (Å²) < 4.78 is 0. The van der Waals surface area contributed by atoms with E-state index in [9.17, 15) is 4.79 Å². The third-order valence-electron chi connectivity index (χ3n) is 2.48. The molecule has 2 heterocycles. The molecule has 1 saturated heterocycles. The fourth-order valence-corrected chi connectivity index (χ4v) is 1.73. The summed E-state index contributed by atoms with van der Waals surface area (Å²) in [6.07, 6.45) is 4.32. The van der Waals surface area contributed by atoms with Crippen molar-refractivity contribution in [2.75, 3.05) is 6.54 Å². The topological polar surface area (TPSA) is 59.8 Å². The fraction of sp³-hybridized carbons (Fsp3) is 0.667. The van der Waals surface area contributed by atoms with Crippen molar-refractivity contribution >= 4 is 5.78 Å². The Morgan fingerprint density at radius 1 is 1.79 bits per heavy atom. The lowest BCUT2D eigenvalue weighted by atomic mass is 10.1. The molecule has 0 amide bonds. The number of rotatable bonds is 3. The van der Waals surface area contributed by atoms with Crippen LogP contribution >= 0.6 is 0 Å². The van der Waals surface area contributed by atoms with Gasteiger partial charge in [0.05, 0.1) is 6.20 Å². The Morgan fingerprint density at radius 3 is 3.21 bits per heavy atom. The van der Waals surface area contributed by atoms with Crippen molar-refractivity contribution in [3.8, 4) is 0 Å². The van der Waals surface area contributed by atoms with Crippen LogP contribution in [-0.4, -0.2) is 33.4 Å². The molecule has 5 nitrogen and oxygen atoms in total. The SMILES string of the molecule is Cn1ncc(C(=O)CC2CCCN2)n1. The summed E-state index contributed by atoms with van der Waals surface area (Å²) in [5.41, 5.74) is 0.473. The van der Waals surface area contributed by atoms with E-state index in [4.69, 9.17) is 0 Å². The quantitative estimate of drug-likeness (QED) is 0.695. The average molecular weight is 194 g/mol. The highest BCUT2D eigenvalue weighted by atomic mass is 16.1. The number of ketones is 1. The van der Waals surface area contributed by atoms with Gasteiger partial charge in [0.15, 0.2) is 5.78 Å². The molecule has 1 aliphatic heterocycles. The van der Waals surface area contributed by atoms with Crippen LogP contribution in [0.25, 0.3) is 0 Å². The molecule has 1 unspecified atom stereocenters. The van der Waals surface area contributed by atoms with E-state index in [-0.39, 0.29) is 5.78 Å². The van der Waals surface area contributed by atoms with E-state index in [0.717, 1.165) is 13.0 Å². The molecule has 1 aliphatic rings. The highest BCUT2D eigenvalue weighted by Gasteiger charge is 2.19. The van der Waals surface area contributed by atoms with E-state index in [1.165, 1.54) is 17.4 Å². The van der Waals surface area contributed by atoms with Crippen molar-refractivity contribution < 1.29 is 4.79 Å². The number of carbonyl (C=O) groups is 1. The molecule has 1 aromatic rings. The van der Waals surface area contributed by atoms with Gasteiger partial charge in [-0.1, -0.05) is 0 Å². The molecular weight excluding hydrogens is 180 g/mol. The van der Waals surface area contributed by atoms with Crippen LogP contribution in [0.1, 0.15) is 29.8 Å². The Bertz CT molecular complexity index is 327. The number of nitrogens with zero attached hydrogens (tertiary/aromatic N) is 3. The minimum atomic E-state index is 0.0810. The Balaban J connectivity index is 1.95. The van der Waals surface area contributed by atoms with Gasteiger partial charge in [0.1, 0.15) is 5.69 Å². The molecule has 0 aromatic carbocycles. The van der Waals surface area contributed by atoms with Crippen LogP contribution in [0, 0.1) is 0 Å². The zero-order chi connectivity index (χ0) is 9.97. The second-order valence-electron chi connectivity index (χ2n) is 3.64. The first-order valence-electron chi connectivity index (χ1n) is 4.88. The van der Waals surface area contributed by atoms with Gasteiger partial charge in [-0.3, -0.25) is 4.79 Å². The number of carbonyl (C=O) groups excluding carboxylic acids is 1. The van der Waals surface area contributed by atoms with E-state index in [0.29, 0.717) is 18.2 Å². The molecule has 1 aromatic heterocycles. The number of Topliss-reactive ketones (excluding diaryl/α,β-unsaturated/α-hetero) is 1. The van der Waals surface area contributed by atoms with E-state index in [1.54, 1.807) is 7.05 Å². The summed E-state index contributed by atoms with van der Waals surface area (Å²) >= 11 is 0. The Kier molecular flexibility index (Phi) is 2.58. The predicted molar refractivity (Wildman–Crippen MR) is 51.0 cm³/mol. The van der Waals surface area contributed by atoms with Crippen LogP contribution < -0.4 is 5.32 Å². The Morgan fingerprint density at radius 2 is 2.64 bits per heavy atom. The normalized spacial score (nSPS) is 21.4. The first-order valence-corrected chi connectivity index (χ1v) is 4.88. The summed E-state index contributed by atoms with van der Waals surface area (Å²) in [6.45, 7) is 1.03. The smallest absolute Gasteiger partial charge is 0.186 e. The van der Waals surface area contributed by atoms with Crippen LogP contribution in [0.5, 0.6) is 0 Å². The van der Waals surface area contributed by atoms with Gasteiger partial charge in [-0.15, -0.1) is 0 Å². The van der Waals surface area contributed by atoms with Crippen LogP contribution in [0.15, 0.2) is 6.20 Å². The third kappa shape index (κ3) is 1.98. The summed E-state index contributed by atoms with van der Waals surface area (Å²) in [5, 5.41) is 11.1. The van der Waals surface area contributed by atoms with Crippen LogP contribution in [0.4, 0.5) is 0 Å². The van der Waals surface area contributed by atoms with Gasteiger partial charge in [0, 0.05) is 19.5 Å².